The third-order valence-corrected chi connectivity index (χ3v) is 4.95. The molecule has 2 atom stereocenters. The Morgan fingerprint density at radius 2 is 1.73 bits per heavy atom. The Morgan fingerprint density at radius 3 is 2.55 bits per heavy atom. The van der Waals surface area contributed by atoms with Crippen molar-refractivity contribution >= 4 is 11.6 Å². The highest BCUT2D eigenvalue weighted by Crippen LogP contribution is 2.42. The van der Waals surface area contributed by atoms with Crippen molar-refractivity contribution in [2.75, 3.05) is 18.5 Å². The average Bonchev–Trinajstić information content (AvgIpc) is 3.01. The van der Waals surface area contributed by atoms with E-state index in [1.165, 1.54) is 11.1 Å². The minimum Gasteiger partial charge on any atom is -0.314 e. The van der Waals surface area contributed by atoms with E-state index >= 15 is 0 Å². The molecule has 0 aromatic heterocycles. The van der Waals surface area contributed by atoms with Crippen LogP contribution in [0.2, 0.25) is 0 Å². The molecule has 1 saturated heterocycles. The smallest absolute Gasteiger partial charge is 0.244 e. The maximum Gasteiger partial charge on any atom is 0.244 e. The van der Waals surface area contributed by atoms with Crippen molar-refractivity contribution in [3.05, 3.63) is 65.7 Å². The zero-order chi connectivity index (χ0) is 15.1. The van der Waals surface area contributed by atoms with E-state index in [9.17, 15) is 4.79 Å². The third-order valence-electron chi connectivity index (χ3n) is 4.95. The van der Waals surface area contributed by atoms with E-state index in [1.807, 2.05) is 24.1 Å². The van der Waals surface area contributed by atoms with Gasteiger partial charge in [-0.15, -0.1) is 0 Å². The molecule has 1 fully saturated rings. The van der Waals surface area contributed by atoms with Crippen molar-refractivity contribution < 1.29 is 4.79 Å². The van der Waals surface area contributed by atoms with Gasteiger partial charge < -0.3 is 4.90 Å². The summed E-state index contributed by atoms with van der Waals surface area (Å²) < 4.78 is 0. The van der Waals surface area contributed by atoms with E-state index in [1.54, 1.807) is 0 Å². The Kier molecular flexibility index (Phi) is 3.23. The molecule has 2 aromatic rings. The first-order valence-electron chi connectivity index (χ1n) is 7.94. The minimum atomic E-state index is 0.00241. The monoisotopic (exact) mass is 292 g/mol. The first-order valence-corrected chi connectivity index (χ1v) is 7.94. The molecule has 1 amide bonds. The van der Waals surface area contributed by atoms with E-state index in [4.69, 9.17) is 0 Å². The maximum absolute atomic E-state index is 12.9. The van der Waals surface area contributed by atoms with Gasteiger partial charge in [-0.3, -0.25) is 9.69 Å². The molecule has 2 aromatic carbocycles. The van der Waals surface area contributed by atoms with Crippen molar-refractivity contribution in [2.45, 2.75) is 24.9 Å². The van der Waals surface area contributed by atoms with Crippen LogP contribution in [0.4, 0.5) is 5.69 Å². The van der Waals surface area contributed by atoms with E-state index < -0.39 is 0 Å². The summed E-state index contributed by atoms with van der Waals surface area (Å²) >= 11 is 0. The Bertz CT molecular complexity index is 698. The highest BCUT2D eigenvalue weighted by Gasteiger charge is 2.42. The van der Waals surface area contributed by atoms with E-state index in [0.717, 1.165) is 25.1 Å². The largest absolute Gasteiger partial charge is 0.314 e. The lowest BCUT2D eigenvalue weighted by atomic mass is 9.95. The number of rotatable bonds is 1. The van der Waals surface area contributed by atoms with Gasteiger partial charge in [-0.2, -0.15) is 0 Å². The van der Waals surface area contributed by atoms with Gasteiger partial charge in [-0.05, 0) is 36.6 Å². The molecular weight excluding hydrogens is 272 g/mol. The van der Waals surface area contributed by atoms with Crippen LogP contribution >= 0.6 is 0 Å². The van der Waals surface area contributed by atoms with E-state index in [2.05, 4.69) is 47.4 Å². The van der Waals surface area contributed by atoms with Crippen molar-refractivity contribution in [3.63, 3.8) is 0 Å². The van der Waals surface area contributed by atoms with Crippen LogP contribution in [0, 0.1) is 0 Å². The van der Waals surface area contributed by atoms with Crippen LogP contribution < -0.4 is 4.90 Å². The molecule has 0 N–H and O–H groups in total. The summed E-state index contributed by atoms with van der Waals surface area (Å²) in [6.07, 6.45) is 2.05. The highest BCUT2D eigenvalue weighted by molar-refractivity contribution is 5.98. The highest BCUT2D eigenvalue weighted by atomic mass is 16.2. The van der Waals surface area contributed by atoms with E-state index in [-0.39, 0.29) is 18.0 Å². The van der Waals surface area contributed by atoms with Gasteiger partial charge >= 0.3 is 0 Å². The number of carbonyl (C=O) groups excluding carboxylic acids is 1. The summed E-state index contributed by atoms with van der Waals surface area (Å²) in [5.41, 5.74) is 3.54. The number of para-hydroxylation sites is 1. The molecule has 3 nitrogen and oxygen atoms in total. The summed E-state index contributed by atoms with van der Waals surface area (Å²) in [6, 6.07) is 19.0. The summed E-state index contributed by atoms with van der Waals surface area (Å²) in [7, 11) is 1.91. The molecule has 22 heavy (non-hydrogen) atoms. The number of fused-ring (bicyclic) bond motifs is 2. The Morgan fingerprint density at radius 1 is 1.00 bits per heavy atom. The number of nitrogens with zero attached hydrogens (tertiary/aromatic N) is 2. The fourth-order valence-corrected chi connectivity index (χ4v) is 3.91. The van der Waals surface area contributed by atoms with Crippen molar-refractivity contribution in [2.24, 2.45) is 0 Å². The van der Waals surface area contributed by atoms with Gasteiger partial charge in [0, 0.05) is 12.7 Å². The van der Waals surface area contributed by atoms with Gasteiger partial charge in [0.2, 0.25) is 5.91 Å². The number of anilines is 1. The molecule has 3 heteroatoms. The van der Waals surface area contributed by atoms with Crippen LogP contribution in [-0.4, -0.2) is 30.4 Å². The second kappa shape index (κ2) is 5.25. The molecule has 0 saturated carbocycles. The van der Waals surface area contributed by atoms with Crippen LogP contribution in [0.3, 0.4) is 0 Å². The van der Waals surface area contributed by atoms with Crippen molar-refractivity contribution in [3.8, 4) is 0 Å². The SMILES string of the molecule is CN1C(=O)[C@@H]2CCCN2[C@@H](c2ccccc2)c2ccccc21. The van der Waals surface area contributed by atoms with Gasteiger partial charge in [0.05, 0.1) is 12.1 Å². The maximum atomic E-state index is 12.9. The first-order chi connectivity index (χ1) is 10.8. The predicted molar refractivity (Wildman–Crippen MR) is 87.9 cm³/mol. The molecule has 0 unspecified atom stereocenters. The topological polar surface area (TPSA) is 23.6 Å². The van der Waals surface area contributed by atoms with Crippen LogP contribution in [0.1, 0.15) is 30.0 Å². The first kappa shape index (κ1) is 13.5. The lowest BCUT2D eigenvalue weighted by molar-refractivity contribution is -0.122. The summed E-state index contributed by atoms with van der Waals surface area (Å²) in [6.45, 7) is 0.984. The standard InChI is InChI=1S/C19H20N2O/c1-20-16-11-6-5-10-15(16)18(14-8-3-2-4-9-14)21-13-7-12-17(21)19(20)22/h2-6,8-11,17-18H,7,12-13H2,1H3/t17-,18-/m0/s1. The predicted octanol–water partition coefficient (Wildman–Crippen LogP) is 3.22. The lowest BCUT2D eigenvalue weighted by Gasteiger charge is -2.30. The molecule has 0 bridgehead atoms. The lowest BCUT2D eigenvalue weighted by Crippen LogP contribution is -2.42. The normalized spacial score (nSPS) is 24.8. The fourth-order valence-electron chi connectivity index (χ4n) is 3.91. The molecule has 0 radical (unpaired) electrons. The number of hydrogen-bond donors (Lipinski definition) is 0. The third kappa shape index (κ3) is 1.97. The molecule has 0 spiro atoms. The summed E-state index contributed by atoms with van der Waals surface area (Å²) in [5, 5.41) is 0. The molecule has 4 rings (SSSR count). The van der Waals surface area contributed by atoms with Gasteiger partial charge in [0.25, 0.3) is 0 Å². The average molecular weight is 292 g/mol. The molecular formula is C19H20N2O. The fraction of sp³-hybridized carbons (Fsp3) is 0.316. The molecule has 2 aliphatic rings. The van der Waals surface area contributed by atoms with Gasteiger partial charge in [-0.25, -0.2) is 0 Å². The second-order valence-electron chi connectivity index (χ2n) is 6.17. The number of hydrogen-bond acceptors (Lipinski definition) is 2. The number of likely N-dealkylation sites (N-methyl/N-ethyl adjacent to an activating group) is 1. The van der Waals surface area contributed by atoms with Crippen LogP contribution in [0.15, 0.2) is 54.6 Å². The Labute approximate surface area is 131 Å². The van der Waals surface area contributed by atoms with Gasteiger partial charge in [-0.1, -0.05) is 48.5 Å². The Hall–Kier alpha value is -2.13. The van der Waals surface area contributed by atoms with Gasteiger partial charge in [0.15, 0.2) is 0 Å². The quantitative estimate of drug-likeness (QED) is 0.806. The van der Waals surface area contributed by atoms with Crippen LogP contribution in [0.5, 0.6) is 0 Å². The van der Waals surface area contributed by atoms with E-state index in [0.29, 0.717) is 0 Å². The molecule has 0 aliphatic carbocycles. The zero-order valence-electron chi connectivity index (χ0n) is 12.8. The number of benzene rings is 2. The number of carbonyl (C=O) groups is 1. The second-order valence-corrected chi connectivity index (χ2v) is 6.17. The zero-order valence-corrected chi connectivity index (χ0v) is 12.8. The summed E-state index contributed by atoms with van der Waals surface area (Å²) in [5.74, 6) is 0.225. The van der Waals surface area contributed by atoms with Crippen LogP contribution in [0.25, 0.3) is 0 Å². The van der Waals surface area contributed by atoms with Crippen molar-refractivity contribution in [1.82, 2.24) is 4.90 Å². The Balaban J connectivity index is 1.93. The molecule has 2 aliphatic heterocycles. The minimum absolute atomic E-state index is 0.00241. The molecule has 2 heterocycles. The number of amides is 1. The molecule has 112 valence electrons. The summed E-state index contributed by atoms with van der Waals surface area (Å²) in [4.78, 5) is 17.1. The van der Waals surface area contributed by atoms with Gasteiger partial charge in [0.1, 0.15) is 0 Å². The van der Waals surface area contributed by atoms with Crippen LogP contribution in [-0.2, 0) is 4.79 Å². The van der Waals surface area contributed by atoms with Crippen molar-refractivity contribution in [1.29, 1.82) is 0 Å².